The number of unbranched alkanes of at least 4 members (excludes halogenated alkanes) is 14. The summed E-state index contributed by atoms with van der Waals surface area (Å²) < 4.78 is 11.4. The molecule has 0 bridgehead atoms. The third-order valence-corrected chi connectivity index (χ3v) is 4.86. The summed E-state index contributed by atoms with van der Waals surface area (Å²) in [6.07, 6.45) is 23.0. The lowest BCUT2D eigenvalue weighted by Crippen LogP contribution is -2.03. The van der Waals surface area contributed by atoms with E-state index in [2.05, 4.69) is 13.8 Å². The molecule has 0 spiro atoms. The van der Waals surface area contributed by atoms with Gasteiger partial charge in [-0.15, -0.1) is 0 Å². The van der Waals surface area contributed by atoms with Gasteiger partial charge in [0.1, 0.15) is 0 Å². The Labute approximate surface area is 159 Å². The van der Waals surface area contributed by atoms with Crippen molar-refractivity contribution in [3.63, 3.8) is 0 Å². The van der Waals surface area contributed by atoms with Crippen LogP contribution in [0.2, 0.25) is 0 Å². The van der Waals surface area contributed by atoms with Gasteiger partial charge in [0.2, 0.25) is 0 Å². The van der Waals surface area contributed by atoms with Crippen LogP contribution in [-0.4, -0.2) is 26.4 Å². The molecule has 0 radical (unpaired) electrons. The van der Waals surface area contributed by atoms with Crippen LogP contribution in [0.5, 0.6) is 0 Å². The third kappa shape index (κ3) is 23.9. The molecule has 2 heteroatoms. The van der Waals surface area contributed by atoms with Crippen LogP contribution in [0, 0.1) is 0 Å². The number of rotatable bonds is 22. The SMILES string of the molecule is CCCCCCCCCCOCCCOCCCCCCCCCC. The van der Waals surface area contributed by atoms with E-state index < -0.39 is 0 Å². The zero-order valence-electron chi connectivity index (χ0n) is 17.7. The van der Waals surface area contributed by atoms with Crippen molar-refractivity contribution in [2.75, 3.05) is 26.4 Å². The summed E-state index contributed by atoms with van der Waals surface area (Å²) in [6, 6.07) is 0. The molecule has 0 aromatic rings. The second-order valence-corrected chi connectivity index (χ2v) is 7.53. The van der Waals surface area contributed by atoms with E-state index in [1.165, 1.54) is 103 Å². The zero-order chi connectivity index (χ0) is 18.3. The molecule has 0 unspecified atom stereocenters. The fraction of sp³-hybridized carbons (Fsp3) is 1.00. The van der Waals surface area contributed by atoms with Crippen LogP contribution in [0.1, 0.15) is 123 Å². The first kappa shape index (κ1) is 24.9. The Hall–Kier alpha value is -0.0800. The van der Waals surface area contributed by atoms with Gasteiger partial charge in [-0.3, -0.25) is 0 Å². The lowest BCUT2D eigenvalue weighted by molar-refractivity contribution is 0.0794. The number of hydrogen-bond acceptors (Lipinski definition) is 2. The predicted molar refractivity (Wildman–Crippen MR) is 111 cm³/mol. The van der Waals surface area contributed by atoms with E-state index in [-0.39, 0.29) is 0 Å². The van der Waals surface area contributed by atoms with Crippen molar-refractivity contribution in [1.29, 1.82) is 0 Å². The highest BCUT2D eigenvalue weighted by atomic mass is 16.5. The fourth-order valence-electron chi connectivity index (χ4n) is 3.14. The second kappa shape index (κ2) is 23.9. The Morgan fingerprint density at radius 1 is 0.320 bits per heavy atom. The van der Waals surface area contributed by atoms with E-state index in [0.717, 1.165) is 32.8 Å². The summed E-state index contributed by atoms with van der Waals surface area (Å²) in [7, 11) is 0. The Kier molecular flexibility index (Phi) is 23.8. The van der Waals surface area contributed by atoms with Gasteiger partial charge in [-0.25, -0.2) is 0 Å². The Morgan fingerprint density at radius 2 is 0.600 bits per heavy atom. The van der Waals surface area contributed by atoms with Crippen LogP contribution in [0.3, 0.4) is 0 Å². The molecule has 0 rings (SSSR count). The smallest absolute Gasteiger partial charge is 0.0487 e. The summed E-state index contributed by atoms with van der Waals surface area (Å²) in [5.74, 6) is 0. The maximum absolute atomic E-state index is 5.69. The fourth-order valence-corrected chi connectivity index (χ4v) is 3.14. The van der Waals surface area contributed by atoms with Crippen molar-refractivity contribution in [3.8, 4) is 0 Å². The molecular weight excluding hydrogens is 308 g/mol. The molecule has 0 aromatic carbocycles. The molecule has 0 saturated carbocycles. The molecule has 0 fully saturated rings. The molecule has 2 nitrogen and oxygen atoms in total. The molecule has 0 aliphatic rings. The van der Waals surface area contributed by atoms with Crippen LogP contribution in [-0.2, 0) is 9.47 Å². The van der Waals surface area contributed by atoms with Gasteiger partial charge in [0.25, 0.3) is 0 Å². The molecule has 0 N–H and O–H groups in total. The first-order valence-corrected chi connectivity index (χ1v) is 11.6. The maximum Gasteiger partial charge on any atom is 0.0487 e. The van der Waals surface area contributed by atoms with Gasteiger partial charge in [-0.2, -0.15) is 0 Å². The van der Waals surface area contributed by atoms with E-state index >= 15 is 0 Å². The molecule has 25 heavy (non-hydrogen) atoms. The van der Waals surface area contributed by atoms with Crippen LogP contribution >= 0.6 is 0 Å². The van der Waals surface area contributed by atoms with E-state index in [4.69, 9.17) is 9.47 Å². The van der Waals surface area contributed by atoms with Crippen molar-refractivity contribution in [3.05, 3.63) is 0 Å². The molecule has 0 amide bonds. The molecule has 0 atom stereocenters. The van der Waals surface area contributed by atoms with Crippen LogP contribution < -0.4 is 0 Å². The van der Waals surface area contributed by atoms with Gasteiger partial charge in [0, 0.05) is 26.4 Å². The zero-order valence-corrected chi connectivity index (χ0v) is 17.7. The van der Waals surface area contributed by atoms with Gasteiger partial charge in [-0.1, -0.05) is 104 Å². The van der Waals surface area contributed by atoms with Gasteiger partial charge >= 0.3 is 0 Å². The third-order valence-electron chi connectivity index (χ3n) is 4.86. The van der Waals surface area contributed by atoms with E-state index in [0.29, 0.717) is 0 Å². The number of hydrogen-bond donors (Lipinski definition) is 0. The lowest BCUT2D eigenvalue weighted by atomic mass is 10.1. The topological polar surface area (TPSA) is 18.5 Å². The van der Waals surface area contributed by atoms with Crippen molar-refractivity contribution in [1.82, 2.24) is 0 Å². The average molecular weight is 357 g/mol. The largest absolute Gasteiger partial charge is 0.381 e. The standard InChI is InChI=1S/C23H48O2/c1-3-5-7-9-11-13-15-17-20-24-22-19-23-25-21-18-16-14-12-10-8-6-4-2/h3-23H2,1-2H3. The summed E-state index contributed by atoms with van der Waals surface area (Å²) >= 11 is 0. The normalized spacial score (nSPS) is 11.3. The first-order valence-electron chi connectivity index (χ1n) is 11.6. The molecule has 0 aromatic heterocycles. The highest BCUT2D eigenvalue weighted by Gasteiger charge is 1.95. The molecule has 0 heterocycles. The lowest BCUT2D eigenvalue weighted by Gasteiger charge is -2.06. The van der Waals surface area contributed by atoms with Crippen LogP contribution in [0.4, 0.5) is 0 Å². The monoisotopic (exact) mass is 356 g/mol. The van der Waals surface area contributed by atoms with Gasteiger partial charge in [0.05, 0.1) is 0 Å². The minimum Gasteiger partial charge on any atom is -0.381 e. The average Bonchev–Trinajstić information content (AvgIpc) is 2.63. The first-order chi connectivity index (χ1) is 12.4. The summed E-state index contributed by atoms with van der Waals surface area (Å²) in [5, 5.41) is 0. The van der Waals surface area contributed by atoms with E-state index in [1.807, 2.05) is 0 Å². The minimum atomic E-state index is 0.869. The Balaban J connectivity index is 2.94. The van der Waals surface area contributed by atoms with Crippen molar-refractivity contribution in [2.24, 2.45) is 0 Å². The highest BCUT2D eigenvalue weighted by Crippen LogP contribution is 2.09. The number of ether oxygens (including phenoxy) is 2. The summed E-state index contributed by atoms with van der Waals surface area (Å²) in [6.45, 7) is 8.17. The quantitative estimate of drug-likeness (QED) is 0.185. The second-order valence-electron chi connectivity index (χ2n) is 7.53. The van der Waals surface area contributed by atoms with Crippen LogP contribution in [0.15, 0.2) is 0 Å². The van der Waals surface area contributed by atoms with Crippen LogP contribution in [0.25, 0.3) is 0 Å². The molecule has 0 aliphatic heterocycles. The van der Waals surface area contributed by atoms with Crippen molar-refractivity contribution < 1.29 is 9.47 Å². The Morgan fingerprint density at radius 3 is 0.960 bits per heavy atom. The van der Waals surface area contributed by atoms with E-state index in [9.17, 15) is 0 Å². The summed E-state index contributed by atoms with van der Waals surface area (Å²) in [4.78, 5) is 0. The molecule has 0 aliphatic carbocycles. The van der Waals surface area contributed by atoms with Gasteiger partial charge in [0.15, 0.2) is 0 Å². The summed E-state index contributed by atoms with van der Waals surface area (Å²) in [5.41, 5.74) is 0. The Bertz CT molecular complexity index is 196. The minimum absolute atomic E-state index is 0.869. The predicted octanol–water partition coefficient (Wildman–Crippen LogP) is 7.69. The van der Waals surface area contributed by atoms with Crippen molar-refractivity contribution in [2.45, 2.75) is 123 Å². The molecule has 152 valence electrons. The molecular formula is C23H48O2. The van der Waals surface area contributed by atoms with E-state index in [1.54, 1.807) is 0 Å². The highest BCUT2D eigenvalue weighted by molar-refractivity contribution is 4.47. The van der Waals surface area contributed by atoms with Crippen molar-refractivity contribution >= 4 is 0 Å². The van der Waals surface area contributed by atoms with Gasteiger partial charge < -0.3 is 9.47 Å². The van der Waals surface area contributed by atoms with Gasteiger partial charge in [-0.05, 0) is 19.3 Å². The maximum atomic E-state index is 5.69. The molecule has 0 saturated heterocycles.